The third kappa shape index (κ3) is 2.67. The molecule has 0 radical (unpaired) electrons. The number of aromatic nitrogens is 3. The topological polar surface area (TPSA) is 54.5 Å². The van der Waals surface area contributed by atoms with Gasteiger partial charge < -0.3 is 0 Å². The van der Waals surface area contributed by atoms with Crippen LogP contribution in [0.4, 0.5) is 0 Å². The normalized spacial score (nSPS) is 10.3. The maximum absolute atomic E-state index is 9.25. The van der Waals surface area contributed by atoms with Gasteiger partial charge in [0, 0.05) is 5.56 Å². The highest BCUT2D eigenvalue weighted by atomic mass is 15.4. The minimum atomic E-state index is 0.356. The van der Waals surface area contributed by atoms with Gasteiger partial charge in [-0.25, -0.2) is 4.68 Å². The van der Waals surface area contributed by atoms with Crippen LogP contribution in [0.15, 0.2) is 54.6 Å². The third-order valence-electron chi connectivity index (χ3n) is 3.34. The molecule has 0 spiro atoms. The van der Waals surface area contributed by atoms with Crippen LogP contribution in [0.5, 0.6) is 0 Å². The van der Waals surface area contributed by atoms with E-state index in [4.69, 9.17) is 0 Å². The van der Waals surface area contributed by atoms with E-state index in [9.17, 15) is 5.26 Å². The lowest BCUT2D eigenvalue weighted by atomic mass is 10.1. The summed E-state index contributed by atoms with van der Waals surface area (Å²) >= 11 is 0. The summed E-state index contributed by atoms with van der Waals surface area (Å²) in [7, 11) is 0. The fourth-order valence-corrected chi connectivity index (χ4v) is 2.25. The minimum absolute atomic E-state index is 0.356. The van der Waals surface area contributed by atoms with Crippen molar-refractivity contribution in [1.29, 1.82) is 5.26 Å². The summed E-state index contributed by atoms with van der Waals surface area (Å²) in [5.74, 6) is 0. The van der Waals surface area contributed by atoms with E-state index in [1.165, 1.54) is 5.56 Å². The van der Waals surface area contributed by atoms with Crippen LogP contribution in [0.1, 0.15) is 16.8 Å². The lowest BCUT2D eigenvalue weighted by Gasteiger charge is -2.07. The molecule has 0 unspecified atom stereocenters. The monoisotopic (exact) mass is 274 g/mol. The van der Waals surface area contributed by atoms with Gasteiger partial charge >= 0.3 is 0 Å². The second-order valence-electron chi connectivity index (χ2n) is 4.91. The Bertz CT molecular complexity index is 780. The van der Waals surface area contributed by atoms with Gasteiger partial charge in [0.25, 0.3) is 0 Å². The SMILES string of the molecule is Cc1ccc(-c2c(C#N)nnn2Cc2ccccc2)cc1. The molecule has 0 saturated carbocycles. The molecule has 0 amide bonds. The zero-order valence-corrected chi connectivity index (χ0v) is 11.7. The van der Waals surface area contributed by atoms with Crippen LogP contribution in [0.25, 0.3) is 11.3 Å². The number of nitriles is 1. The smallest absolute Gasteiger partial charge is 0.190 e. The predicted octanol–water partition coefficient (Wildman–Crippen LogP) is 3.17. The summed E-state index contributed by atoms with van der Waals surface area (Å²) < 4.78 is 1.78. The van der Waals surface area contributed by atoms with Gasteiger partial charge in [0.1, 0.15) is 11.8 Å². The Labute approximate surface area is 123 Å². The molecule has 0 atom stereocenters. The first kappa shape index (κ1) is 13.1. The van der Waals surface area contributed by atoms with E-state index in [0.29, 0.717) is 12.2 Å². The molecule has 0 fully saturated rings. The van der Waals surface area contributed by atoms with Crippen molar-refractivity contribution >= 4 is 0 Å². The first-order chi connectivity index (χ1) is 10.3. The van der Waals surface area contributed by atoms with Gasteiger partial charge in [0.15, 0.2) is 5.69 Å². The quantitative estimate of drug-likeness (QED) is 0.737. The van der Waals surface area contributed by atoms with Crippen molar-refractivity contribution in [2.75, 3.05) is 0 Å². The molecule has 102 valence electrons. The van der Waals surface area contributed by atoms with Crippen molar-refractivity contribution in [2.24, 2.45) is 0 Å². The standard InChI is InChI=1S/C17H14N4/c1-13-7-9-15(10-8-13)17-16(11-18)19-20-21(17)12-14-5-3-2-4-6-14/h2-10H,12H2,1H3. The van der Waals surface area contributed by atoms with E-state index in [2.05, 4.69) is 16.4 Å². The second-order valence-corrected chi connectivity index (χ2v) is 4.91. The van der Waals surface area contributed by atoms with E-state index in [-0.39, 0.29) is 0 Å². The summed E-state index contributed by atoms with van der Waals surface area (Å²) in [5, 5.41) is 17.4. The summed E-state index contributed by atoms with van der Waals surface area (Å²) in [6.45, 7) is 2.63. The number of benzene rings is 2. The molecular formula is C17H14N4. The maximum atomic E-state index is 9.25. The van der Waals surface area contributed by atoms with Gasteiger partial charge in [-0.2, -0.15) is 5.26 Å². The fourth-order valence-electron chi connectivity index (χ4n) is 2.25. The minimum Gasteiger partial charge on any atom is -0.239 e. The van der Waals surface area contributed by atoms with Gasteiger partial charge in [-0.05, 0) is 12.5 Å². The molecule has 1 heterocycles. The summed E-state index contributed by atoms with van der Waals surface area (Å²) in [4.78, 5) is 0. The first-order valence-corrected chi connectivity index (χ1v) is 6.72. The van der Waals surface area contributed by atoms with Gasteiger partial charge in [-0.1, -0.05) is 65.4 Å². The molecule has 0 aliphatic heterocycles. The molecule has 0 aliphatic rings. The summed E-state index contributed by atoms with van der Waals surface area (Å²) in [6.07, 6.45) is 0. The Morgan fingerprint density at radius 3 is 2.43 bits per heavy atom. The van der Waals surface area contributed by atoms with Crippen LogP contribution in [0.3, 0.4) is 0 Å². The highest BCUT2D eigenvalue weighted by Crippen LogP contribution is 2.23. The number of aryl methyl sites for hydroxylation is 1. The lowest BCUT2D eigenvalue weighted by molar-refractivity contribution is 0.655. The molecule has 0 N–H and O–H groups in total. The van der Waals surface area contributed by atoms with Gasteiger partial charge in [-0.15, -0.1) is 5.10 Å². The molecule has 2 aromatic carbocycles. The van der Waals surface area contributed by atoms with Crippen molar-refractivity contribution in [2.45, 2.75) is 13.5 Å². The van der Waals surface area contributed by atoms with E-state index < -0.39 is 0 Å². The first-order valence-electron chi connectivity index (χ1n) is 6.72. The Balaban J connectivity index is 2.04. The molecule has 0 saturated heterocycles. The third-order valence-corrected chi connectivity index (χ3v) is 3.34. The molecule has 21 heavy (non-hydrogen) atoms. The molecule has 1 aromatic heterocycles. The summed E-state index contributed by atoms with van der Waals surface area (Å²) in [6, 6.07) is 20.2. The zero-order valence-electron chi connectivity index (χ0n) is 11.7. The van der Waals surface area contributed by atoms with Crippen LogP contribution in [0.2, 0.25) is 0 Å². The number of hydrogen-bond acceptors (Lipinski definition) is 3. The van der Waals surface area contributed by atoms with Crippen molar-refractivity contribution in [3.05, 3.63) is 71.4 Å². The molecule has 4 heteroatoms. The zero-order chi connectivity index (χ0) is 14.7. The van der Waals surface area contributed by atoms with Crippen molar-refractivity contribution in [1.82, 2.24) is 15.0 Å². The molecule has 0 bridgehead atoms. The maximum Gasteiger partial charge on any atom is 0.190 e. The summed E-state index contributed by atoms with van der Waals surface area (Å²) in [5.41, 5.74) is 4.38. The van der Waals surface area contributed by atoms with Crippen LogP contribution in [-0.2, 0) is 6.54 Å². The van der Waals surface area contributed by atoms with Crippen molar-refractivity contribution < 1.29 is 0 Å². The van der Waals surface area contributed by atoms with Crippen LogP contribution in [0, 0.1) is 18.3 Å². The van der Waals surface area contributed by atoms with Gasteiger partial charge in [0.05, 0.1) is 6.54 Å². The predicted molar refractivity (Wildman–Crippen MR) is 80.5 cm³/mol. The van der Waals surface area contributed by atoms with E-state index in [1.54, 1.807) is 4.68 Å². The Kier molecular flexibility index (Phi) is 3.48. The van der Waals surface area contributed by atoms with E-state index in [0.717, 1.165) is 16.8 Å². The van der Waals surface area contributed by atoms with E-state index >= 15 is 0 Å². The van der Waals surface area contributed by atoms with Gasteiger partial charge in [-0.3, -0.25) is 0 Å². The Hall–Kier alpha value is -2.93. The average molecular weight is 274 g/mol. The number of rotatable bonds is 3. The Morgan fingerprint density at radius 2 is 1.76 bits per heavy atom. The van der Waals surface area contributed by atoms with E-state index in [1.807, 2.05) is 61.5 Å². The second kappa shape index (κ2) is 5.59. The molecule has 3 aromatic rings. The van der Waals surface area contributed by atoms with Crippen LogP contribution >= 0.6 is 0 Å². The largest absolute Gasteiger partial charge is 0.239 e. The van der Waals surface area contributed by atoms with Gasteiger partial charge in [0.2, 0.25) is 0 Å². The number of nitrogens with zero attached hydrogens (tertiary/aromatic N) is 4. The molecular weight excluding hydrogens is 260 g/mol. The fraction of sp³-hybridized carbons (Fsp3) is 0.118. The lowest BCUT2D eigenvalue weighted by Crippen LogP contribution is -2.04. The number of hydrogen-bond donors (Lipinski definition) is 0. The average Bonchev–Trinajstić information content (AvgIpc) is 2.92. The van der Waals surface area contributed by atoms with Crippen LogP contribution < -0.4 is 0 Å². The molecule has 0 aliphatic carbocycles. The highest BCUT2D eigenvalue weighted by molar-refractivity contribution is 5.65. The Morgan fingerprint density at radius 1 is 1.05 bits per heavy atom. The van der Waals surface area contributed by atoms with Crippen LogP contribution in [-0.4, -0.2) is 15.0 Å². The highest BCUT2D eigenvalue weighted by Gasteiger charge is 2.14. The van der Waals surface area contributed by atoms with Crippen molar-refractivity contribution in [3.63, 3.8) is 0 Å². The molecule has 3 rings (SSSR count). The molecule has 4 nitrogen and oxygen atoms in total. The van der Waals surface area contributed by atoms with Crippen molar-refractivity contribution in [3.8, 4) is 17.3 Å².